The van der Waals surface area contributed by atoms with Gasteiger partial charge in [-0.15, -0.1) is 0 Å². The van der Waals surface area contributed by atoms with Gasteiger partial charge in [0.2, 0.25) is 0 Å². The number of halogens is 2. The highest BCUT2D eigenvalue weighted by Crippen LogP contribution is 2.32. The van der Waals surface area contributed by atoms with Crippen molar-refractivity contribution in [2.75, 3.05) is 6.54 Å². The summed E-state index contributed by atoms with van der Waals surface area (Å²) in [7, 11) is 0. The SMILES string of the molecule is CC(C)(C)OC(=O)NCCc1cc(-c2cc3ccccc3[nH]2)c(Cl)cc1F. The third-order valence-corrected chi connectivity index (χ3v) is 4.33. The highest BCUT2D eigenvalue weighted by molar-refractivity contribution is 6.33. The van der Waals surface area contributed by atoms with E-state index in [0.717, 1.165) is 22.2 Å². The molecule has 1 heterocycles. The molecule has 0 unspecified atom stereocenters. The van der Waals surface area contributed by atoms with E-state index in [1.54, 1.807) is 26.8 Å². The molecule has 2 N–H and O–H groups in total. The minimum atomic E-state index is -0.571. The summed E-state index contributed by atoms with van der Waals surface area (Å²) in [5, 5.41) is 4.03. The lowest BCUT2D eigenvalue weighted by molar-refractivity contribution is 0.0528. The third kappa shape index (κ3) is 4.80. The van der Waals surface area contributed by atoms with Crippen LogP contribution in [0, 0.1) is 5.82 Å². The van der Waals surface area contributed by atoms with Gasteiger partial charge in [-0.1, -0.05) is 29.8 Å². The molecule has 3 aromatic rings. The molecule has 0 aliphatic rings. The molecule has 3 rings (SSSR count). The second-order valence-electron chi connectivity index (χ2n) is 7.37. The summed E-state index contributed by atoms with van der Waals surface area (Å²) in [5.74, 6) is -0.397. The van der Waals surface area contributed by atoms with Crippen LogP contribution in [0.25, 0.3) is 22.2 Å². The summed E-state index contributed by atoms with van der Waals surface area (Å²) in [4.78, 5) is 15.0. The molecule has 0 saturated heterocycles. The molecular weight excluding hydrogens is 367 g/mol. The van der Waals surface area contributed by atoms with E-state index in [-0.39, 0.29) is 6.54 Å². The van der Waals surface area contributed by atoms with Crippen LogP contribution in [0.1, 0.15) is 26.3 Å². The summed E-state index contributed by atoms with van der Waals surface area (Å²) >= 11 is 6.27. The quantitative estimate of drug-likeness (QED) is 0.602. The largest absolute Gasteiger partial charge is 0.444 e. The van der Waals surface area contributed by atoms with E-state index in [9.17, 15) is 9.18 Å². The smallest absolute Gasteiger partial charge is 0.407 e. The molecule has 0 bridgehead atoms. The number of hydrogen-bond acceptors (Lipinski definition) is 2. The molecular formula is C21H22ClFN2O2. The fraction of sp³-hybridized carbons (Fsp3) is 0.286. The standard InChI is InChI=1S/C21H22ClFN2O2/c1-21(2,3)27-20(26)24-9-8-13-10-15(16(22)12-17(13)23)19-11-14-6-4-5-7-18(14)25-19/h4-7,10-12,25H,8-9H2,1-3H3,(H,24,26). The number of aromatic amines is 1. The molecule has 0 spiro atoms. The summed E-state index contributed by atoms with van der Waals surface area (Å²) in [5.41, 5.74) is 2.44. The Morgan fingerprint density at radius 3 is 2.67 bits per heavy atom. The second kappa shape index (κ2) is 7.61. The Morgan fingerprint density at radius 1 is 1.22 bits per heavy atom. The molecule has 0 aliphatic carbocycles. The number of carbonyl (C=O) groups excluding carboxylic acids is 1. The van der Waals surface area contributed by atoms with E-state index in [1.807, 2.05) is 30.3 Å². The lowest BCUT2D eigenvalue weighted by Gasteiger charge is -2.19. The normalized spacial score (nSPS) is 11.6. The van der Waals surface area contributed by atoms with Gasteiger partial charge in [0.25, 0.3) is 0 Å². The van der Waals surface area contributed by atoms with Gasteiger partial charge < -0.3 is 15.0 Å². The van der Waals surface area contributed by atoms with Crippen molar-refractivity contribution in [2.45, 2.75) is 32.8 Å². The number of alkyl carbamates (subject to hydrolysis) is 1. The van der Waals surface area contributed by atoms with Gasteiger partial charge in [-0.25, -0.2) is 9.18 Å². The maximum Gasteiger partial charge on any atom is 0.407 e. The van der Waals surface area contributed by atoms with Crippen LogP contribution in [-0.2, 0) is 11.2 Å². The molecule has 6 heteroatoms. The Labute approximate surface area is 162 Å². The van der Waals surface area contributed by atoms with Crippen LogP contribution in [0.5, 0.6) is 0 Å². The van der Waals surface area contributed by atoms with Crippen LogP contribution in [0.15, 0.2) is 42.5 Å². The maximum atomic E-state index is 14.3. The number of H-pyrrole nitrogens is 1. The molecule has 4 nitrogen and oxygen atoms in total. The lowest BCUT2D eigenvalue weighted by Crippen LogP contribution is -2.33. The molecule has 0 saturated carbocycles. The van der Waals surface area contributed by atoms with Crippen molar-refractivity contribution < 1.29 is 13.9 Å². The third-order valence-electron chi connectivity index (χ3n) is 4.02. The van der Waals surface area contributed by atoms with Crippen LogP contribution in [0.2, 0.25) is 5.02 Å². The second-order valence-corrected chi connectivity index (χ2v) is 7.78. The predicted octanol–water partition coefficient (Wildman–Crippen LogP) is 5.69. The molecule has 0 fully saturated rings. The van der Waals surface area contributed by atoms with Crippen molar-refractivity contribution >= 4 is 28.6 Å². The lowest BCUT2D eigenvalue weighted by atomic mass is 10.0. The molecule has 0 atom stereocenters. The fourth-order valence-corrected chi connectivity index (χ4v) is 3.08. The average Bonchev–Trinajstić information content (AvgIpc) is 2.98. The van der Waals surface area contributed by atoms with Crippen molar-refractivity contribution in [3.8, 4) is 11.3 Å². The number of benzene rings is 2. The summed E-state index contributed by atoms with van der Waals surface area (Å²) in [6, 6.07) is 12.9. The Bertz CT molecular complexity index is 943. The van der Waals surface area contributed by atoms with E-state index in [4.69, 9.17) is 16.3 Å². The number of ether oxygens (including phenoxy) is 1. The van der Waals surface area contributed by atoms with E-state index in [0.29, 0.717) is 17.0 Å². The highest BCUT2D eigenvalue weighted by atomic mass is 35.5. The molecule has 27 heavy (non-hydrogen) atoms. The van der Waals surface area contributed by atoms with E-state index in [2.05, 4.69) is 10.3 Å². The minimum Gasteiger partial charge on any atom is -0.444 e. The van der Waals surface area contributed by atoms with Gasteiger partial charge in [-0.3, -0.25) is 0 Å². The Morgan fingerprint density at radius 2 is 1.96 bits per heavy atom. The zero-order valence-electron chi connectivity index (χ0n) is 15.5. The first-order valence-corrected chi connectivity index (χ1v) is 9.13. The van der Waals surface area contributed by atoms with Gasteiger partial charge in [-0.2, -0.15) is 0 Å². The van der Waals surface area contributed by atoms with Gasteiger partial charge >= 0.3 is 6.09 Å². The average molecular weight is 389 g/mol. The predicted molar refractivity (Wildman–Crippen MR) is 107 cm³/mol. The fourth-order valence-electron chi connectivity index (χ4n) is 2.82. The zero-order valence-corrected chi connectivity index (χ0v) is 16.3. The number of hydrogen-bond donors (Lipinski definition) is 2. The zero-order chi connectivity index (χ0) is 19.6. The number of rotatable bonds is 4. The maximum absolute atomic E-state index is 14.3. The molecule has 1 amide bonds. The molecule has 0 aliphatic heterocycles. The van der Waals surface area contributed by atoms with Gasteiger partial charge in [0, 0.05) is 28.7 Å². The van der Waals surface area contributed by atoms with Crippen LogP contribution >= 0.6 is 11.6 Å². The Kier molecular flexibility index (Phi) is 5.42. The number of para-hydroxylation sites is 1. The summed E-state index contributed by atoms with van der Waals surface area (Å²) < 4.78 is 19.5. The first-order valence-electron chi connectivity index (χ1n) is 8.76. The van der Waals surface area contributed by atoms with E-state index >= 15 is 0 Å². The van der Waals surface area contributed by atoms with Gasteiger partial charge in [0.1, 0.15) is 11.4 Å². The molecule has 142 valence electrons. The molecule has 0 radical (unpaired) electrons. The van der Waals surface area contributed by atoms with Crippen molar-refractivity contribution in [1.29, 1.82) is 0 Å². The molecule has 1 aromatic heterocycles. The van der Waals surface area contributed by atoms with Gasteiger partial charge in [0.05, 0.1) is 5.02 Å². The number of carbonyl (C=O) groups is 1. The van der Waals surface area contributed by atoms with Crippen LogP contribution in [0.4, 0.5) is 9.18 Å². The van der Waals surface area contributed by atoms with Crippen molar-refractivity contribution in [3.05, 3.63) is 58.9 Å². The summed E-state index contributed by atoms with van der Waals surface area (Å²) in [6.45, 7) is 5.63. The Hall–Kier alpha value is -2.53. The highest BCUT2D eigenvalue weighted by Gasteiger charge is 2.16. The minimum absolute atomic E-state index is 0.263. The van der Waals surface area contributed by atoms with E-state index in [1.165, 1.54) is 6.07 Å². The number of amides is 1. The summed E-state index contributed by atoms with van der Waals surface area (Å²) in [6.07, 6.45) is -0.192. The number of fused-ring (bicyclic) bond motifs is 1. The van der Waals surface area contributed by atoms with Gasteiger partial charge in [0.15, 0.2) is 0 Å². The first kappa shape index (κ1) is 19.2. The van der Waals surface area contributed by atoms with Crippen molar-refractivity contribution in [2.24, 2.45) is 0 Å². The Balaban J connectivity index is 1.77. The van der Waals surface area contributed by atoms with Crippen LogP contribution < -0.4 is 5.32 Å². The van der Waals surface area contributed by atoms with Crippen molar-refractivity contribution in [1.82, 2.24) is 10.3 Å². The first-order chi connectivity index (χ1) is 12.7. The molecule has 2 aromatic carbocycles. The van der Waals surface area contributed by atoms with Crippen LogP contribution in [-0.4, -0.2) is 23.2 Å². The van der Waals surface area contributed by atoms with E-state index < -0.39 is 17.5 Å². The number of aromatic nitrogens is 1. The van der Waals surface area contributed by atoms with Crippen molar-refractivity contribution in [3.63, 3.8) is 0 Å². The monoisotopic (exact) mass is 388 g/mol. The van der Waals surface area contributed by atoms with Gasteiger partial charge in [-0.05, 0) is 57.0 Å². The number of nitrogens with one attached hydrogen (secondary N) is 2. The van der Waals surface area contributed by atoms with Crippen LogP contribution in [0.3, 0.4) is 0 Å². The topological polar surface area (TPSA) is 54.1 Å².